The Bertz CT molecular complexity index is 366. The summed E-state index contributed by atoms with van der Waals surface area (Å²) < 4.78 is 6.46. The second kappa shape index (κ2) is 6.38. The second-order valence-electron chi connectivity index (χ2n) is 4.43. The lowest BCUT2D eigenvalue weighted by atomic mass is 10.0. The number of rotatable bonds is 6. The zero-order valence-corrected chi connectivity index (χ0v) is 11.7. The molecule has 0 spiro atoms. The van der Waals surface area contributed by atoms with Crippen molar-refractivity contribution in [2.24, 2.45) is 5.92 Å². The Kier molecular flexibility index (Phi) is 4.83. The fourth-order valence-electron chi connectivity index (χ4n) is 1.96. The predicted octanol–water partition coefficient (Wildman–Crippen LogP) is 1.81. The van der Waals surface area contributed by atoms with E-state index in [0.29, 0.717) is 0 Å². The van der Waals surface area contributed by atoms with Gasteiger partial charge in [-0.25, -0.2) is 0 Å². The molecule has 0 aromatic heterocycles. The van der Waals surface area contributed by atoms with E-state index in [-0.39, 0.29) is 0 Å². The van der Waals surface area contributed by atoms with E-state index in [0.717, 1.165) is 48.7 Å². The van der Waals surface area contributed by atoms with Crippen LogP contribution in [0.25, 0.3) is 0 Å². The molecule has 1 fully saturated rings. The molecular weight excluding hydrogens is 280 g/mol. The van der Waals surface area contributed by atoms with Crippen LogP contribution >= 0.6 is 15.9 Å². The Morgan fingerprint density at radius 1 is 1.47 bits per heavy atom. The topological polar surface area (TPSA) is 33.3 Å². The number of ether oxygens (including phenoxy) is 1. The van der Waals surface area contributed by atoms with E-state index in [4.69, 9.17) is 4.74 Å². The molecule has 0 amide bonds. The first-order chi connectivity index (χ1) is 8.29. The standard InChI is InChI=1S/C13H19BrN2O/c1-17-13-3-2-12(14)6-11(13)4-5-15-7-10-8-16-9-10/h2-3,6,10,15-16H,4-5,7-9H2,1H3. The Hall–Kier alpha value is -0.580. The molecule has 4 heteroatoms. The number of nitrogens with one attached hydrogen (secondary N) is 2. The van der Waals surface area contributed by atoms with Gasteiger partial charge in [-0.05, 0) is 42.6 Å². The lowest BCUT2D eigenvalue weighted by molar-refractivity contribution is 0.332. The molecule has 1 aliphatic heterocycles. The van der Waals surface area contributed by atoms with E-state index in [1.165, 1.54) is 5.56 Å². The molecule has 0 aliphatic carbocycles. The van der Waals surface area contributed by atoms with Crippen molar-refractivity contribution < 1.29 is 4.74 Å². The van der Waals surface area contributed by atoms with Gasteiger partial charge in [0.15, 0.2) is 0 Å². The molecule has 2 rings (SSSR count). The number of hydrogen-bond donors (Lipinski definition) is 2. The summed E-state index contributed by atoms with van der Waals surface area (Å²) in [6.45, 7) is 4.44. The highest BCUT2D eigenvalue weighted by Crippen LogP contribution is 2.23. The van der Waals surface area contributed by atoms with Gasteiger partial charge in [0.05, 0.1) is 7.11 Å². The van der Waals surface area contributed by atoms with Gasteiger partial charge in [-0.15, -0.1) is 0 Å². The van der Waals surface area contributed by atoms with Crippen LogP contribution in [-0.2, 0) is 6.42 Å². The molecule has 1 aromatic rings. The van der Waals surface area contributed by atoms with Gasteiger partial charge in [-0.1, -0.05) is 15.9 Å². The van der Waals surface area contributed by atoms with E-state index in [9.17, 15) is 0 Å². The highest BCUT2D eigenvalue weighted by atomic mass is 79.9. The van der Waals surface area contributed by atoms with Gasteiger partial charge >= 0.3 is 0 Å². The summed E-state index contributed by atoms with van der Waals surface area (Å²) >= 11 is 3.49. The van der Waals surface area contributed by atoms with E-state index < -0.39 is 0 Å². The third kappa shape index (κ3) is 3.69. The van der Waals surface area contributed by atoms with Gasteiger partial charge in [0, 0.05) is 24.1 Å². The maximum absolute atomic E-state index is 5.35. The smallest absolute Gasteiger partial charge is 0.122 e. The SMILES string of the molecule is COc1ccc(Br)cc1CCNCC1CNC1. The van der Waals surface area contributed by atoms with E-state index in [2.05, 4.69) is 32.6 Å². The Morgan fingerprint density at radius 3 is 2.94 bits per heavy atom. The Morgan fingerprint density at radius 2 is 2.29 bits per heavy atom. The Balaban J connectivity index is 1.78. The molecular formula is C13H19BrN2O. The molecule has 17 heavy (non-hydrogen) atoms. The summed E-state index contributed by atoms with van der Waals surface area (Å²) in [5, 5.41) is 6.78. The number of methoxy groups -OCH3 is 1. The van der Waals surface area contributed by atoms with Gasteiger partial charge < -0.3 is 15.4 Å². The fraction of sp³-hybridized carbons (Fsp3) is 0.538. The zero-order chi connectivity index (χ0) is 12.1. The zero-order valence-electron chi connectivity index (χ0n) is 10.1. The maximum Gasteiger partial charge on any atom is 0.122 e. The normalized spacial score (nSPS) is 15.6. The van der Waals surface area contributed by atoms with E-state index in [1.807, 2.05) is 12.1 Å². The molecule has 1 saturated heterocycles. The van der Waals surface area contributed by atoms with Crippen LogP contribution in [0.4, 0.5) is 0 Å². The molecule has 2 N–H and O–H groups in total. The van der Waals surface area contributed by atoms with Crippen molar-refractivity contribution in [3.63, 3.8) is 0 Å². The third-order valence-corrected chi connectivity index (χ3v) is 3.61. The first-order valence-corrected chi connectivity index (χ1v) is 6.82. The summed E-state index contributed by atoms with van der Waals surface area (Å²) in [7, 11) is 1.72. The summed E-state index contributed by atoms with van der Waals surface area (Å²) in [5.41, 5.74) is 1.25. The highest BCUT2D eigenvalue weighted by molar-refractivity contribution is 9.10. The Labute approximate surface area is 111 Å². The van der Waals surface area contributed by atoms with Crippen LogP contribution in [0.3, 0.4) is 0 Å². The van der Waals surface area contributed by atoms with Crippen LogP contribution in [0.1, 0.15) is 5.56 Å². The van der Waals surface area contributed by atoms with Crippen molar-refractivity contribution in [2.75, 3.05) is 33.3 Å². The first kappa shape index (κ1) is 12.9. The van der Waals surface area contributed by atoms with Gasteiger partial charge in [0.1, 0.15) is 5.75 Å². The summed E-state index contributed by atoms with van der Waals surface area (Å²) in [6, 6.07) is 6.15. The fourth-order valence-corrected chi connectivity index (χ4v) is 2.37. The lowest BCUT2D eigenvalue weighted by Gasteiger charge is -2.27. The van der Waals surface area contributed by atoms with Gasteiger partial charge in [-0.3, -0.25) is 0 Å². The molecule has 0 atom stereocenters. The van der Waals surface area contributed by atoms with Crippen molar-refractivity contribution in [1.29, 1.82) is 0 Å². The van der Waals surface area contributed by atoms with Crippen molar-refractivity contribution in [1.82, 2.24) is 10.6 Å². The summed E-state index contributed by atoms with van der Waals surface area (Å²) in [4.78, 5) is 0. The summed E-state index contributed by atoms with van der Waals surface area (Å²) in [6.07, 6.45) is 1.00. The van der Waals surface area contributed by atoms with Crippen molar-refractivity contribution >= 4 is 15.9 Å². The number of hydrogen-bond acceptors (Lipinski definition) is 3. The van der Waals surface area contributed by atoms with Gasteiger partial charge in [0.25, 0.3) is 0 Å². The van der Waals surface area contributed by atoms with Crippen LogP contribution < -0.4 is 15.4 Å². The van der Waals surface area contributed by atoms with Gasteiger partial charge in [0.2, 0.25) is 0 Å². The summed E-state index contributed by atoms with van der Waals surface area (Å²) in [5.74, 6) is 1.79. The second-order valence-corrected chi connectivity index (χ2v) is 5.35. The quantitative estimate of drug-likeness (QED) is 0.786. The molecule has 0 saturated carbocycles. The van der Waals surface area contributed by atoms with Crippen LogP contribution in [0.2, 0.25) is 0 Å². The van der Waals surface area contributed by atoms with E-state index >= 15 is 0 Å². The molecule has 3 nitrogen and oxygen atoms in total. The minimum Gasteiger partial charge on any atom is -0.496 e. The highest BCUT2D eigenvalue weighted by Gasteiger charge is 2.15. The van der Waals surface area contributed by atoms with Crippen molar-refractivity contribution in [3.8, 4) is 5.75 Å². The monoisotopic (exact) mass is 298 g/mol. The molecule has 94 valence electrons. The predicted molar refractivity (Wildman–Crippen MR) is 73.6 cm³/mol. The molecule has 0 radical (unpaired) electrons. The van der Waals surface area contributed by atoms with E-state index in [1.54, 1.807) is 7.11 Å². The van der Waals surface area contributed by atoms with Gasteiger partial charge in [-0.2, -0.15) is 0 Å². The largest absolute Gasteiger partial charge is 0.496 e. The lowest BCUT2D eigenvalue weighted by Crippen LogP contribution is -2.47. The minimum absolute atomic E-state index is 0.819. The van der Waals surface area contributed by atoms with Crippen LogP contribution in [0, 0.1) is 5.92 Å². The van der Waals surface area contributed by atoms with Crippen LogP contribution in [0.15, 0.2) is 22.7 Å². The molecule has 1 aliphatic rings. The first-order valence-electron chi connectivity index (χ1n) is 6.03. The number of benzene rings is 1. The molecule has 1 aromatic carbocycles. The molecule has 0 unspecified atom stereocenters. The molecule has 0 bridgehead atoms. The van der Waals surface area contributed by atoms with Crippen molar-refractivity contribution in [3.05, 3.63) is 28.2 Å². The molecule has 1 heterocycles. The average molecular weight is 299 g/mol. The van der Waals surface area contributed by atoms with Crippen molar-refractivity contribution in [2.45, 2.75) is 6.42 Å². The number of halogens is 1. The maximum atomic E-state index is 5.35. The minimum atomic E-state index is 0.819. The third-order valence-electron chi connectivity index (χ3n) is 3.11. The average Bonchev–Trinajstić information content (AvgIpc) is 2.26. The van der Waals surface area contributed by atoms with Crippen LogP contribution in [-0.4, -0.2) is 33.3 Å². The van der Waals surface area contributed by atoms with Crippen LogP contribution in [0.5, 0.6) is 5.75 Å².